The van der Waals surface area contributed by atoms with E-state index in [1.807, 2.05) is 36.4 Å². The zero-order chi connectivity index (χ0) is 16.5. The maximum atomic E-state index is 12.1. The summed E-state index contributed by atoms with van der Waals surface area (Å²) in [7, 11) is 0. The molecule has 0 radical (unpaired) electrons. The lowest BCUT2D eigenvalue weighted by atomic mass is 10.1. The third-order valence-corrected chi connectivity index (χ3v) is 3.95. The highest BCUT2D eigenvalue weighted by atomic mass is 127. The van der Waals surface area contributed by atoms with Gasteiger partial charge in [0.2, 0.25) is 0 Å². The van der Waals surface area contributed by atoms with Crippen molar-refractivity contribution in [1.29, 1.82) is 0 Å². The van der Waals surface area contributed by atoms with E-state index in [9.17, 15) is 4.79 Å². The van der Waals surface area contributed by atoms with Crippen LogP contribution in [0, 0.1) is 3.57 Å². The molecule has 0 aliphatic rings. The summed E-state index contributed by atoms with van der Waals surface area (Å²) >= 11 is 2.26. The molecule has 0 saturated carbocycles. The van der Waals surface area contributed by atoms with Gasteiger partial charge >= 0.3 is 0 Å². The number of hydrogen-bond donors (Lipinski definition) is 1. The summed E-state index contributed by atoms with van der Waals surface area (Å²) in [6.45, 7) is 2.84. The standard InChI is InChI=1S/C19H20INO2/c1-2-3-14-23-18-10-4-15(5-11-18)19(22)12-13-21-17-8-6-16(20)7-9-17/h4-13,21H,2-3,14H2,1H3/b13-12+. The first-order valence-electron chi connectivity index (χ1n) is 7.65. The number of allylic oxidation sites excluding steroid dienone is 1. The van der Waals surface area contributed by atoms with E-state index >= 15 is 0 Å². The zero-order valence-corrected chi connectivity index (χ0v) is 15.2. The fourth-order valence-corrected chi connectivity index (χ4v) is 2.27. The van der Waals surface area contributed by atoms with Crippen molar-refractivity contribution in [3.63, 3.8) is 0 Å². The minimum Gasteiger partial charge on any atom is -0.494 e. The Morgan fingerprint density at radius 1 is 1.13 bits per heavy atom. The van der Waals surface area contributed by atoms with Gasteiger partial charge in [-0.2, -0.15) is 0 Å². The first-order chi connectivity index (χ1) is 11.2. The van der Waals surface area contributed by atoms with E-state index in [4.69, 9.17) is 4.74 Å². The number of benzene rings is 2. The number of nitrogens with one attached hydrogen (secondary N) is 1. The van der Waals surface area contributed by atoms with Crippen molar-refractivity contribution in [3.05, 3.63) is 69.9 Å². The van der Waals surface area contributed by atoms with Gasteiger partial charge in [0, 0.05) is 27.1 Å². The summed E-state index contributed by atoms with van der Waals surface area (Å²) in [5, 5.41) is 3.09. The molecule has 2 rings (SSSR count). The van der Waals surface area contributed by atoms with Crippen LogP contribution in [0.3, 0.4) is 0 Å². The number of rotatable bonds is 8. The molecule has 1 N–H and O–H groups in total. The van der Waals surface area contributed by atoms with Gasteiger partial charge in [-0.1, -0.05) is 13.3 Å². The summed E-state index contributed by atoms with van der Waals surface area (Å²) in [5.41, 5.74) is 1.60. The number of ketones is 1. The second-order valence-electron chi connectivity index (χ2n) is 5.08. The number of hydrogen-bond acceptors (Lipinski definition) is 3. The first-order valence-corrected chi connectivity index (χ1v) is 8.73. The third kappa shape index (κ3) is 6.06. The van der Waals surface area contributed by atoms with E-state index in [0.29, 0.717) is 12.2 Å². The smallest absolute Gasteiger partial charge is 0.187 e. The van der Waals surface area contributed by atoms with Crippen molar-refractivity contribution >= 4 is 34.1 Å². The predicted octanol–water partition coefficient (Wildman–Crippen LogP) is 5.28. The Hall–Kier alpha value is -1.82. The van der Waals surface area contributed by atoms with Crippen LogP contribution in [0.1, 0.15) is 30.1 Å². The molecule has 4 heteroatoms. The van der Waals surface area contributed by atoms with Crippen molar-refractivity contribution in [1.82, 2.24) is 0 Å². The second-order valence-corrected chi connectivity index (χ2v) is 6.32. The van der Waals surface area contributed by atoms with Gasteiger partial charge in [0.25, 0.3) is 0 Å². The normalized spacial score (nSPS) is 10.7. The van der Waals surface area contributed by atoms with Crippen molar-refractivity contribution in [2.45, 2.75) is 19.8 Å². The lowest BCUT2D eigenvalue weighted by Gasteiger charge is -2.05. The highest BCUT2D eigenvalue weighted by molar-refractivity contribution is 14.1. The van der Waals surface area contributed by atoms with Crippen LogP contribution in [0.2, 0.25) is 0 Å². The summed E-state index contributed by atoms with van der Waals surface area (Å²) < 4.78 is 6.76. The molecule has 0 bridgehead atoms. The monoisotopic (exact) mass is 421 g/mol. The molecule has 0 saturated heterocycles. The molecule has 2 aromatic rings. The molecular formula is C19H20INO2. The quantitative estimate of drug-likeness (QED) is 0.273. The summed E-state index contributed by atoms with van der Waals surface area (Å²) in [5.74, 6) is 0.763. The van der Waals surface area contributed by atoms with Crippen molar-refractivity contribution in [2.75, 3.05) is 11.9 Å². The zero-order valence-electron chi connectivity index (χ0n) is 13.1. The Morgan fingerprint density at radius 2 is 1.83 bits per heavy atom. The van der Waals surface area contributed by atoms with Gasteiger partial charge in [-0.15, -0.1) is 0 Å². The molecule has 0 amide bonds. The molecule has 23 heavy (non-hydrogen) atoms. The van der Waals surface area contributed by atoms with Gasteiger partial charge in [0.15, 0.2) is 5.78 Å². The maximum absolute atomic E-state index is 12.1. The molecule has 0 aliphatic carbocycles. The molecule has 0 heterocycles. The average molecular weight is 421 g/mol. The Labute approximate surface area is 150 Å². The third-order valence-electron chi connectivity index (χ3n) is 3.23. The SMILES string of the molecule is CCCCOc1ccc(C(=O)/C=C/Nc2ccc(I)cc2)cc1. The molecule has 2 aromatic carbocycles. The topological polar surface area (TPSA) is 38.3 Å². The van der Waals surface area contributed by atoms with E-state index in [-0.39, 0.29) is 5.78 Å². The van der Waals surface area contributed by atoms with Crippen LogP contribution in [-0.2, 0) is 0 Å². The Balaban J connectivity index is 1.87. The number of carbonyl (C=O) groups is 1. The molecular weight excluding hydrogens is 401 g/mol. The number of carbonyl (C=O) groups excluding carboxylic acids is 1. The molecule has 0 spiro atoms. The summed E-state index contributed by atoms with van der Waals surface area (Å²) in [4.78, 5) is 12.1. The van der Waals surface area contributed by atoms with E-state index in [1.54, 1.807) is 18.3 Å². The molecule has 0 aliphatic heterocycles. The lowest BCUT2D eigenvalue weighted by Crippen LogP contribution is -1.99. The molecule has 3 nitrogen and oxygen atoms in total. The van der Waals surface area contributed by atoms with E-state index in [1.165, 1.54) is 9.65 Å². The van der Waals surface area contributed by atoms with Gasteiger partial charge in [-0.3, -0.25) is 4.79 Å². The van der Waals surface area contributed by atoms with Crippen LogP contribution < -0.4 is 10.1 Å². The molecule has 0 unspecified atom stereocenters. The lowest BCUT2D eigenvalue weighted by molar-refractivity contribution is 0.104. The molecule has 0 fully saturated rings. The van der Waals surface area contributed by atoms with Gasteiger partial charge in [0.05, 0.1) is 6.61 Å². The Bertz CT molecular complexity index is 648. The molecule has 0 aromatic heterocycles. The van der Waals surface area contributed by atoms with Crippen LogP contribution in [0.5, 0.6) is 5.75 Å². The summed E-state index contributed by atoms with van der Waals surface area (Å²) in [6.07, 6.45) is 5.34. The fourth-order valence-electron chi connectivity index (χ4n) is 1.91. The fraction of sp³-hybridized carbons (Fsp3) is 0.211. The van der Waals surface area contributed by atoms with Crippen molar-refractivity contribution in [3.8, 4) is 5.75 Å². The van der Waals surface area contributed by atoms with Crippen molar-refractivity contribution < 1.29 is 9.53 Å². The summed E-state index contributed by atoms with van der Waals surface area (Å²) in [6, 6.07) is 15.2. The molecule has 120 valence electrons. The average Bonchev–Trinajstić information content (AvgIpc) is 2.57. The predicted molar refractivity (Wildman–Crippen MR) is 103 cm³/mol. The Kier molecular flexibility index (Phi) is 7.13. The number of unbranched alkanes of at least 4 members (excludes halogenated alkanes) is 1. The largest absolute Gasteiger partial charge is 0.494 e. The van der Waals surface area contributed by atoms with Crippen LogP contribution >= 0.6 is 22.6 Å². The highest BCUT2D eigenvalue weighted by Gasteiger charge is 2.02. The Morgan fingerprint density at radius 3 is 2.48 bits per heavy atom. The van der Waals surface area contributed by atoms with E-state index in [0.717, 1.165) is 24.3 Å². The second kappa shape index (κ2) is 9.35. The van der Waals surface area contributed by atoms with Gasteiger partial charge in [-0.05, 0) is 77.5 Å². The van der Waals surface area contributed by atoms with Crippen LogP contribution in [0.4, 0.5) is 5.69 Å². The molecule has 0 atom stereocenters. The van der Waals surface area contributed by atoms with Crippen LogP contribution in [0.15, 0.2) is 60.8 Å². The van der Waals surface area contributed by atoms with Gasteiger partial charge in [-0.25, -0.2) is 0 Å². The number of anilines is 1. The van der Waals surface area contributed by atoms with E-state index in [2.05, 4.69) is 34.8 Å². The van der Waals surface area contributed by atoms with Gasteiger partial charge < -0.3 is 10.1 Å². The number of halogens is 1. The number of ether oxygens (including phenoxy) is 1. The van der Waals surface area contributed by atoms with Gasteiger partial charge in [0.1, 0.15) is 5.75 Å². The van der Waals surface area contributed by atoms with Crippen LogP contribution in [-0.4, -0.2) is 12.4 Å². The van der Waals surface area contributed by atoms with E-state index < -0.39 is 0 Å². The minimum absolute atomic E-state index is 0.0388. The van der Waals surface area contributed by atoms with Crippen LogP contribution in [0.25, 0.3) is 0 Å². The van der Waals surface area contributed by atoms with Crippen molar-refractivity contribution in [2.24, 2.45) is 0 Å². The minimum atomic E-state index is -0.0388. The maximum Gasteiger partial charge on any atom is 0.187 e. The first kappa shape index (κ1) is 17.5. The highest BCUT2D eigenvalue weighted by Crippen LogP contribution is 2.14.